The van der Waals surface area contributed by atoms with Crippen molar-refractivity contribution in [3.05, 3.63) is 23.4 Å². The molecule has 1 nitrogen and oxygen atoms in total. The molecule has 0 heterocycles. The van der Waals surface area contributed by atoms with Gasteiger partial charge in [-0.1, -0.05) is 18.2 Å². The normalized spacial score (nSPS) is 12.9. The zero-order valence-corrected chi connectivity index (χ0v) is 5.00. The van der Waals surface area contributed by atoms with Gasteiger partial charge in [0, 0.05) is 5.70 Å². The van der Waals surface area contributed by atoms with Crippen LogP contribution in [-0.4, -0.2) is 0 Å². The highest BCUT2D eigenvalue weighted by Crippen LogP contribution is 2.03. The van der Waals surface area contributed by atoms with E-state index in [0.717, 1.165) is 0 Å². The summed E-state index contributed by atoms with van der Waals surface area (Å²) in [4.78, 5) is 0. The molecule has 0 aromatic rings. The van der Waals surface area contributed by atoms with E-state index in [9.17, 15) is 0 Å². The average Bonchev–Trinajstić information content (AvgIpc) is 1.65. The number of allylic oxidation sites excluding steroid dienone is 3. The van der Waals surface area contributed by atoms with Gasteiger partial charge in [0.15, 0.2) is 0 Å². The molecule has 0 atom stereocenters. The van der Waals surface area contributed by atoms with Gasteiger partial charge in [-0.15, -0.1) is 0 Å². The van der Waals surface area contributed by atoms with Crippen LogP contribution in [0.2, 0.25) is 0 Å². The number of hydrogen-bond acceptors (Lipinski definition) is 1. The van der Waals surface area contributed by atoms with E-state index < -0.39 is 0 Å². The van der Waals surface area contributed by atoms with Crippen LogP contribution in [0, 0.1) is 0 Å². The summed E-state index contributed by atoms with van der Waals surface area (Å²) in [5, 5.41) is 0.528. The summed E-state index contributed by atoms with van der Waals surface area (Å²) in [6, 6.07) is 0. The molecule has 0 radical (unpaired) electrons. The van der Waals surface area contributed by atoms with Gasteiger partial charge in [-0.3, -0.25) is 0 Å². The molecule has 0 fully saturated rings. The highest BCUT2D eigenvalue weighted by Gasteiger charge is 1.83. The molecule has 2 heteroatoms. The van der Waals surface area contributed by atoms with E-state index in [2.05, 4.69) is 6.58 Å². The molecule has 0 aliphatic carbocycles. The van der Waals surface area contributed by atoms with E-state index in [1.807, 2.05) is 0 Å². The minimum atomic E-state index is 0.528. The van der Waals surface area contributed by atoms with Crippen LogP contribution in [0.25, 0.3) is 0 Å². The molecule has 40 valence electrons. The summed E-state index contributed by atoms with van der Waals surface area (Å²) in [5.74, 6) is 0. The standard InChI is InChI=1S/C5H8ClN/c1-3-5(6)4(2)7/h3H,1,7H2,2H3/b5-4-. The Hall–Kier alpha value is -0.430. The third-order valence-corrected chi connectivity index (χ3v) is 1.01. The first kappa shape index (κ1) is 6.57. The van der Waals surface area contributed by atoms with Gasteiger partial charge in [0.05, 0.1) is 5.03 Å². The highest BCUT2D eigenvalue weighted by atomic mass is 35.5. The summed E-state index contributed by atoms with van der Waals surface area (Å²) < 4.78 is 0. The Morgan fingerprint density at radius 1 is 1.86 bits per heavy atom. The van der Waals surface area contributed by atoms with Crippen LogP contribution in [-0.2, 0) is 0 Å². The zero-order chi connectivity index (χ0) is 5.86. The van der Waals surface area contributed by atoms with Gasteiger partial charge in [0.25, 0.3) is 0 Å². The van der Waals surface area contributed by atoms with Crippen LogP contribution in [0.15, 0.2) is 23.4 Å². The molecule has 0 amide bonds. The van der Waals surface area contributed by atoms with Gasteiger partial charge >= 0.3 is 0 Å². The van der Waals surface area contributed by atoms with Crippen LogP contribution >= 0.6 is 11.6 Å². The maximum atomic E-state index is 5.44. The molecule has 7 heavy (non-hydrogen) atoms. The van der Waals surface area contributed by atoms with Crippen molar-refractivity contribution in [1.29, 1.82) is 0 Å². The van der Waals surface area contributed by atoms with Crippen LogP contribution in [0.1, 0.15) is 6.92 Å². The minimum Gasteiger partial charge on any atom is -0.401 e. The first-order valence-electron chi connectivity index (χ1n) is 1.92. The number of rotatable bonds is 1. The SMILES string of the molecule is C=C/C(Cl)=C(\C)N. The molecular weight excluding hydrogens is 110 g/mol. The third-order valence-electron chi connectivity index (χ3n) is 0.556. The molecule has 0 aliphatic rings. The predicted octanol–water partition coefficient (Wildman–Crippen LogP) is 1.60. The molecule has 0 aliphatic heterocycles. The van der Waals surface area contributed by atoms with Crippen LogP contribution in [0.4, 0.5) is 0 Å². The summed E-state index contributed by atoms with van der Waals surface area (Å²) in [6.45, 7) is 5.14. The Morgan fingerprint density at radius 2 is 2.29 bits per heavy atom. The van der Waals surface area contributed by atoms with Crippen molar-refractivity contribution >= 4 is 11.6 Å². The van der Waals surface area contributed by atoms with Crippen LogP contribution < -0.4 is 5.73 Å². The van der Waals surface area contributed by atoms with Crippen LogP contribution in [0.5, 0.6) is 0 Å². The molecule has 0 spiro atoms. The van der Waals surface area contributed by atoms with Crippen molar-refractivity contribution in [2.45, 2.75) is 6.92 Å². The molecule has 0 bridgehead atoms. The Balaban J connectivity index is 3.98. The van der Waals surface area contributed by atoms with Crippen molar-refractivity contribution in [1.82, 2.24) is 0 Å². The van der Waals surface area contributed by atoms with E-state index in [4.69, 9.17) is 17.3 Å². The molecule has 0 saturated heterocycles. The molecule has 0 unspecified atom stereocenters. The van der Waals surface area contributed by atoms with Crippen molar-refractivity contribution < 1.29 is 0 Å². The van der Waals surface area contributed by atoms with Crippen molar-refractivity contribution in [2.24, 2.45) is 5.73 Å². The molecule has 0 aromatic heterocycles. The second kappa shape index (κ2) is 2.69. The average molecular weight is 118 g/mol. The number of halogens is 1. The van der Waals surface area contributed by atoms with Gasteiger partial charge in [0.2, 0.25) is 0 Å². The fourth-order valence-corrected chi connectivity index (χ4v) is 0.161. The summed E-state index contributed by atoms with van der Waals surface area (Å²) in [6.07, 6.45) is 1.51. The lowest BCUT2D eigenvalue weighted by molar-refractivity contribution is 1.30. The summed E-state index contributed by atoms with van der Waals surface area (Å²) in [7, 11) is 0. The van der Waals surface area contributed by atoms with Gasteiger partial charge in [-0.05, 0) is 13.0 Å². The van der Waals surface area contributed by atoms with Gasteiger partial charge in [-0.25, -0.2) is 0 Å². The predicted molar refractivity (Wildman–Crippen MR) is 32.9 cm³/mol. The lowest BCUT2D eigenvalue weighted by Crippen LogP contribution is -1.90. The van der Waals surface area contributed by atoms with Gasteiger partial charge in [0.1, 0.15) is 0 Å². The first-order chi connectivity index (χ1) is 3.18. The van der Waals surface area contributed by atoms with E-state index >= 15 is 0 Å². The lowest BCUT2D eigenvalue weighted by atomic mass is 10.4. The molecule has 0 aromatic carbocycles. The Bertz CT molecular complexity index is 101. The van der Waals surface area contributed by atoms with Crippen molar-refractivity contribution in [3.8, 4) is 0 Å². The topological polar surface area (TPSA) is 26.0 Å². The van der Waals surface area contributed by atoms with Crippen molar-refractivity contribution in [3.63, 3.8) is 0 Å². The monoisotopic (exact) mass is 117 g/mol. The van der Waals surface area contributed by atoms with E-state index in [1.54, 1.807) is 6.92 Å². The maximum absolute atomic E-state index is 5.44. The van der Waals surface area contributed by atoms with Gasteiger partial charge < -0.3 is 5.73 Å². The highest BCUT2D eigenvalue weighted by molar-refractivity contribution is 6.31. The molecule has 0 saturated carbocycles. The third kappa shape index (κ3) is 2.29. The minimum absolute atomic E-state index is 0.528. The van der Waals surface area contributed by atoms with E-state index in [-0.39, 0.29) is 0 Å². The second-order valence-corrected chi connectivity index (χ2v) is 1.64. The summed E-state index contributed by atoms with van der Waals surface area (Å²) in [5.41, 5.74) is 5.83. The maximum Gasteiger partial charge on any atom is 0.0584 e. The van der Waals surface area contributed by atoms with E-state index in [1.165, 1.54) is 6.08 Å². The number of nitrogens with two attached hydrogens (primary N) is 1. The smallest absolute Gasteiger partial charge is 0.0584 e. The Morgan fingerprint density at radius 3 is 2.29 bits per heavy atom. The van der Waals surface area contributed by atoms with Crippen LogP contribution in [0.3, 0.4) is 0 Å². The molecule has 0 rings (SSSR count). The van der Waals surface area contributed by atoms with Crippen molar-refractivity contribution in [2.75, 3.05) is 0 Å². The quantitative estimate of drug-likeness (QED) is 0.519. The molecular formula is C5H8ClN. The lowest BCUT2D eigenvalue weighted by Gasteiger charge is -1.88. The largest absolute Gasteiger partial charge is 0.401 e. The fraction of sp³-hybridized carbons (Fsp3) is 0.200. The Kier molecular flexibility index (Phi) is 2.53. The molecule has 2 N–H and O–H groups in total. The second-order valence-electron chi connectivity index (χ2n) is 1.24. The van der Waals surface area contributed by atoms with Gasteiger partial charge in [-0.2, -0.15) is 0 Å². The van der Waals surface area contributed by atoms with E-state index in [0.29, 0.717) is 10.7 Å². The summed E-state index contributed by atoms with van der Waals surface area (Å²) >= 11 is 5.44. The number of hydrogen-bond donors (Lipinski definition) is 1. The zero-order valence-electron chi connectivity index (χ0n) is 4.24. The first-order valence-corrected chi connectivity index (χ1v) is 2.30. The Labute approximate surface area is 48.5 Å². The fourth-order valence-electron chi connectivity index (χ4n) is 0.161.